The molecule has 1 aromatic rings. The number of nitrogens with two attached hydrogens (primary N) is 1. The molecule has 1 aromatic carbocycles. The summed E-state index contributed by atoms with van der Waals surface area (Å²) in [5, 5.41) is 0. The number of methoxy groups -OCH3 is 2. The minimum Gasteiger partial charge on any atom is -0.467 e. The molecule has 0 heterocycles. The van der Waals surface area contributed by atoms with E-state index in [0.29, 0.717) is 11.3 Å². The van der Waals surface area contributed by atoms with E-state index >= 15 is 0 Å². The van der Waals surface area contributed by atoms with E-state index in [1.54, 1.807) is 13.8 Å². The normalized spacial score (nSPS) is 13.3. The largest absolute Gasteiger partial charge is 0.467 e. The van der Waals surface area contributed by atoms with Crippen LogP contribution < -0.4 is 5.73 Å². The van der Waals surface area contributed by atoms with E-state index in [2.05, 4.69) is 16.7 Å². The van der Waals surface area contributed by atoms with Gasteiger partial charge in [0.25, 0.3) is 0 Å². The summed E-state index contributed by atoms with van der Waals surface area (Å²) in [7, 11) is 2.51. The smallest absolute Gasteiger partial charge is 0.416 e. The highest BCUT2D eigenvalue weighted by Gasteiger charge is 2.38. The van der Waals surface area contributed by atoms with Gasteiger partial charge in [-0.2, -0.15) is 13.2 Å². The fourth-order valence-electron chi connectivity index (χ4n) is 2.27. The number of alkyl halides is 3. The molecule has 0 aliphatic carbocycles. The van der Waals surface area contributed by atoms with E-state index in [9.17, 15) is 17.6 Å². The third kappa shape index (κ3) is 5.04. The molecule has 1 atom stereocenters. The molecule has 0 aliphatic heterocycles. The highest BCUT2D eigenvalue weighted by Crippen LogP contribution is 2.40. The van der Waals surface area contributed by atoms with Crippen LogP contribution in [0.5, 0.6) is 0 Å². The van der Waals surface area contributed by atoms with Gasteiger partial charge in [0.2, 0.25) is 0 Å². The molecule has 0 saturated heterocycles. The van der Waals surface area contributed by atoms with Crippen molar-refractivity contribution in [2.45, 2.75) is 32.5 Å². The number of nitrogen functional groups attached to an aromatic ring is 1. The molecule has 144 valence electrons. The van der Waals surface area contributed by atoms with Gasteiger partial charge in [0.05, 0.1) is 24.5 Å². The Labute approximate surface area is 149 Å². The van der Waals surface area contributed by atoms with Crippen molar-refractivity contribution in [3.05, 3.63) is 40.3 Å². The lowest BCUT2D eigenvalue weighted by atomic mass is 9.96. The quantitative estimate of drug-likeness (QED) is 0.357. The Morgan fingerprint density at radius 1 is 1.27 bits per heavy atom. The molecular formula is C17H21F4N3O2. The molecule has 9 heteroatoms. The summed E-state index contributed by atoms with van der Waals surface area (Å²) in [6.45, 7) is 6.68. The third-order valence-corrected chi connectivity index (χ3v) is 3.63. The number of hydrogen-bond donors (Lipinski definition) is 1. The Morgan fingerprint density at radius 3 is 2.31 bits per heavy atom. The molecule has 5 nitrogen and oxygen atoms in total. The Morgan fingerprint density at radius 2 is 1.88 bits per heavy atom. The van der Waals surface area contributed by atoms with Crippen molar-refractivity contribution in [1.82, 2.24) is 0 Å². The zero-order chi connectivity index (χ0) is 20.1. The van der Waals surface area contributed by atoms with Crippen molar-refractivity contribution < 1.29 is 27.0 Å². The Bertz CT molecular complexity index is 723. The monoisotopic (exact) mass is 375 g/mol. The lowest BCUT2D eigenvalue weighted by molar-refractivity contribution is -0.139. The second-order valence-corrected chi connectivity index (χ2v) is 5.56. The topological polar surface area (TPSA) is 69.2 Å². The van der Waals surface area contributed by atoms with E-state index in [1.807, 2.05) is 0 Å². The maximum Gasteiger partial charge on any atom is 0.416 e. The van der Waals surface area contributed by atoms with Gasteiger partial charge in [-0.3, -0.25) is 0 Å². The Kier molecular flexibility index (Phi) is 7.31. The lowest BCUT2D eigenvalue weighted by Crippen LogP contribution is -2.17. The summed E-state index contributed by atoms with van der Waals surface area (Å²) in [5.74, 6) is -1.17. The zero-order valence-electron chi connectivity index (χ0n) is 14.9. The van der Waals surface area contributed by atoms with Crippen LogP contribution in [-0.2, 0) is 15.7 Å². The van der Waals surface area contributed by atoms with Crippen LogP contribution in [0.4, 0.5) is 23.2 Å². The van der Waals surface area contributed by atoms with Crippen molar-refractivity contribution in [3.8, 4) is 0 Å². The van der Waals surface area contributed by atoms with Gasteiger partial charge < -0.3 is 15.2 Å². The molecule has 1 rings (SSSR count). The maximum absolute atomic E-state index is 14.5. The van der Waals surface area contributed by atoms with Gasteiger partial charge in [-0.15, -0.1) is 0 Å². The van der Waals surface area contributed by atoms with E-state index in [1.165, 1.54) is 14.2 Å². The molecule has 0 bridgehead atoms. The number of rotatable bonds is 5. The second-order valence-electron chi connectivity index (χ2n) is 5.56. The van der Waals surface area contributed by atoms with Crippen molar-refractivity contribution in [2.75, 3.05) is 20.0 Å². The SMILES string of the molecule is C=NC(=NC(CC(OC)c1c(C(F)(F)F)ccc(N)c1F)=C(C)C)OC. The van der Waals surface area contributed by atoms with Crippen molar-refractivity contribution in [1.29, 1.82) is 0 Å². The third-order valence-electron chi connectivity index (χ3n) is 3.63. The van der Waals surface area contributed by atoms with Gasteiger partial charge in [-0.05, 0) is 32.7 Å². The second kappa shape index (κ2) is 8.79. The summed E-state index contributed by atoms with van der Waals surface area (Å²) in [4.78, 5) is 7.65. The van der Waals surface area contributed by atoms with Gasteiger partial charge >= 0.3 is 12.2 Å². The van der Waals surface area contributed by atoms with E-state index < -0.39 is 34.9 Å². The fourth-order valence-corrected chi connectivity index (χ4v) is 2.27. The van der Waals surface area contributed by atoms with E-state index in [-0.39, 0.29) is 12.4 Å². The highest BCUT2D eigenvalue weighted by atomic mass is 19.4. The van der Waals surface area contributed by atoms with Gasteiger partial charge in [-0.1, -0.05) is 5.57 Å². The van der Waals surface area contributed by atoms with Crippen molar-refractivity contribution in [3.63, 3.8) is 0 Å². The van der Waals surface area contributed by atoms with Crippen molar-refractivity contribution >= 4 is 18.4 Å². The molecule has 2 N–H and O–H groups in total. The summed E-state index contributed by atoms with van der Waals surface area (Å²) in [6, 6.07) is 1.54. The highest BCUT2D eigenvalue weighted by molar-refractivity contribution is 5.79. The summed E-state index contributed by atoms with van der Waals surface area (Å²) < 4.78 is 64.5. The molecular weight excluding hydrogens is 354 g/mol. The van der Waals surface area contributed by atoms with Crippen LogP contribution in [0.2, 0.25) is 0 Å². The molecule has 0 radical (unpaired) electrons. The number of anilines is 1. The number of hydrogen-bond acceptors (Lipinski definition) is 4. The number of amidine groups is 1. The van der Waals surface area contributed by atoms with Crippen LogP contribution in [-0.4, -0.2) is 27.0 Å². The molecule has 0 spiro atoms. The minimum atomic E-state index is -4.77. The number of aliphatic imine (C=N–C) groups is 2. The van der Waals surface area contributed by atoms with Gasteiger partial charge in [-0.25, -0.2) is 14.4 Å². The molecule has 0 aliphatic rings. The number of halogens is 4. The molecule has 0 fully saturated rings. The van der Waals surface area contributed by atoms with Gasteiger partial charge in [0, 0.05) is 24.8 Å². The summed E-state index contributed by atoms with van der Waals surface area (Å²) >= 11 is 0. The molecule has 0 aromatic heterocycles. The summed E-state index contributed by atoms with van der Waals surface area (Å²) in [6.07, 6.45) is -6.19. The zero-order valence-corrected chi connectivity index (χ0v) is 14.9. The Balaban J connectivity index is 3.49. The first-order valence-electron chi connectivity index (χ1n) is 7.50. The van der Waals surface area contributed by atoms with Crippen LogP contribution in [0.1, 0.15) is 37.5 Å². The molecule has 1 unspecified atom stereocenters. The van der Waals surface area contributed by atoms with Crippen LogP contribution in [0.3, 0.4) is 0 Å². The Hall–Kier alpha value is -2.42. The van der Waals surface area contributed by atoms with Crippen molar-refractivity contribution in [2.24, 2.45) is 9.98 Å². The maximum atomic E-state index is 14.5. The van der Waals surface area contributed by atoms with Crippen LogP contribution in [0, 0.1) is 5.82 Å². The number of nitrogens with zero attached hydrogens (tertiary/aromatic N) is 2. The van der Waals surface area contributed by atoms with Gasteiger partial charge in [0.1, 0.15) is 0 Å². The predicted octanol–water partition coefficient (Wildman–Crippen LogP) is 4.50. The average molecular weight is 375 g/mol. The van der Waals surface area contributed by atoms with E-state index in [0.717, 1.165) is 12.1 Å². The minimum absolute atomic E-state index is 0.0693. The first-order valence-corrected chi connectivity index (χ1v) is 7.50. The fraction of sp³-hybridized carbons (Fsp3) is 0.412. The number of allylic oxidation sites excluding steroid dienone is 1. The molecule has 0 saturated carbocycles. The lowest BCUT2D eigenvalue weighted by Gasteiger charge is -2.22. The number of benzene rings is 1. The standard InChI is InChI=1S/C17H21F4N3O2/c1-9(2)12(24-16(23-3)26-5)8-13(25-4)14-10(17(19,20)21)6-7-11(22)15(14)18/h6-7,13H,3,8,22H2,1-2,4-5H3. The van der Waals surface area contributed by atoms with E-state index in [4.69, 9.17) is 15.2 Å². The van der Waals surface area contributed by atoms with Crippen LogP contribution >= 0.6 is 0 Å². The number of ether oxygens (including phenoxy) is 2. The van der Waals surface area contributed by atoms with Crippen LogP contribution in [0.25, 0.3) is 0 Å². The molecule has 26 heavy (non-hydrogen) atoms. The molecule has 0 amide bonds. The predicted molar refractivity (Wildman–Crippen MR) is 92.5 cm³/mol. The first kappa shape index (κ1) is 21.6. The first-order chi connectivity index (χ1) is 12.1. The summed E-state index contributed by atoms with van der Waals surface area (Å²) in [5.41, 5.74) is 4.24. The average Bonchev–Trinajstić information content (AvgIpc) is 2.56. The van der Waals surface area contributed by atoms with Crippen LogP contribution in [0.15, 0.2) is 33.4 Å². The van der Waals surface area contributed by atoms with Gasteiger partial charge in [0.15, 0.2) is 5.82 Å².